The largest absolute Gasteiger partial charge is 0.493 e. The fourth-order valence-electron chi connectivity index (χ4n) is 4.19. The van der Waals surface area contributed by atoms with Crippen molar-refractivity contribution in [3.05, 3.63) is 48.3 Å². The van der Waals surface area contributed by atoms with Gasteiger partial charge in [-0.05, 0) is 49.6 Å². The average molecular weight is 437 g/mol. The number of amides is 2. The van der Waals surface area contributed by atoms with Crippen LogP contribution in [0.2, 0.25) is 0 Å². The van der Waals surface area contributed by atoms with E-state index >= 15 is 0 Å². The molecule has 7 heteroatoms. The van der Waals surface area contributed by atoms with E-state index in [9.17, 15) is 4.79 Å². The van der Waals surface area contributed by atoms with E-state index in [-0.39, 0.29) is 12.1 Å². The van der Waals surface area contributed by atoms with Gasteiger partial charge < -0.3 is 19.4 Å². The number of benzene rings is 1. The van der Waals surface area contributed by atoms with Crippen molar-refractivity contribution >= 4 is 22.8 Å². The first-order chi connectivity index (χ1) is 15.6. The molecule has 7 nitrogen and oxygen atoms in total. The van der Waals surface area contributed by atoms with Crippen LogP contribution in [0, 0.1) is 0 Å². The van der Waals surface area contributed by atoms with Crippen LogP contribution in [0.1, 0.15) is 45.1 Å². The van der Waals surface area contributed by atoms with Gasteiger partial charge in [0.1, 0.15) is 5.65 Å². The monoisotopic (exact) mass is 436 g/mol. The quantitative estimate of drug-likeness (QED) is 0.458. The Bertz CT molecular complexity index is 1060. The Morgan fingerprint density at radius 3 is 2.88 bits per heavy atom. The Labute approximate surface area is 189 Å². The van der Waals surface area contributed by atoms with E-state index in [4.69, 9.17) is 9.47 Å². The third-order valence-corrected chi connectivity index (χ3v) is 6.13. The molecule has 0 unspecified atom stereocenters. The van der Waals surface area contributed by atoms with Gasteiger partial charge in [-0.25, -0.2) is 9.78 Å². The molecule has 170 valence electrons. The van der Waals surface area contributed by atoms with Crippen LogP contribution in [0.4, 0.5) is 10.5 Å². The first-order valence-corrected chi connectivity index (χ1v) is 11.4. The molecule has 4 rings (SSSR count). The maximum Gasteiger partial charge on any atom is 0.325 e. The summed E-state index contributed by atoms with van der Waals surface area (Å²) < 4.78 is 11.5. The molecule has 2 aromatic heterocycles. The number of ether oxygens (including phenoxy) is 2. The summed E-state index contributed by atoms with van der Waals surface area (Å²) in [5.74, 6) is 1.37. The minimum absolute atomic E-state index is 0.00588. The highest BCUT2D eigenvalue weighted by molar-refractivity contribution is 5.93. The van der Waals surface area contributed by atoms with Crippen LogP contribution in [0.5, 0.6) is 11.5 Å². The van der Waals surface area contributed by atoms with Gasteiger partial charge in [-0.3, -0.25) is 4.90 Å². The third-order valence-electron chi connectivity index (χ3n) is 6.13. The van der Waals surface area contributed by atoms with Gasteiger partial charge in [-0.1, -0.05) is 19.8 Å². The number of carbonyl (C=O) groups is 1. The van der Waals surface area contributed by atoms with E-state index in [2.05, 4.69) is 23.8 Å². The minimum Gasteiger partial charge on any atom is -0.493 e. The number of unbranched alkanes of at least 4 members (excludes halogenated alkanes) is 2. The molecule has 0 bridgehead atoms. The molecule has 0 spiro atoms. The molecule has 0 aliphatic carbocycles. The Hall–Kier alpha value is -3.22. The highest BCUT2D eigenvalue weighted by Gasteiger charge is 2.32. The summed E-state index contributed by atoms with van der Waals surface area (Å²) in [7, 11) is 1.64. The fourth-order valence-corrected chi connectivity index (χ4v) is 4.19. The lowest BCUT2D eigenvalue weighted by Gasteiger charge is -2.40. The molecule has 1 saturated heterocycles. The highest BCUT2D eigenvalue weighted by Crippen LogP contribution is 2.34. The molecular weight excluding hydrogens is 404 g/mol. The van der Waals surface area contributed by atoms with Crippen molar-refractivity contribution in [3.8, 4) is 11.5 Å². The molecule has 1 atom stereocenters. The molecule has 1 aliphatic rings. The van der Waals surface area contributed by atoms with Crippen molar-refractivity contribution in [3.63, 3.8) is 0 Å². The van der Waals surface area contributed by atoms with E-state index in [0.717, 1.165) is 48.0 Å². The lowest BCUT2D eigenvalue weighted by molar-refractivity contribution is 0.166. The smallest absolute Gasteiger partial charge is 0.325 e. The van der Waals surface area contributed by atoms with Crippen molar-refractivity contribution in [2.75, 3.05) is 25.2 Å². The maximum absolute atomic E-state index is 13.5. The second-order valence-corrected chi connectivity index (χ2v) is 8.30. The summed E-state index contributed by atoms with van der Waals surface area (Å²) in [5.41, 5.74) is 2.77. The van der Waals surface area contributed by atoms with Gasteiger partial charge in [-0.15, -0.1) is 0 Å². The zero-order valence-corrected chi connectivity index (χ0v) is 19.1. The van der Waals surface area contributed by atoms with Crippen molar-refractivity contribution in [1.29, 1.82) is 0 Å². The number of urea groups is 1. The van der Waals surface area contributed by atoms with Gasteiger partial charge in [0, 0.05) is 48.7 Å². The van der Waals surface area contributed by atoms with Crippen LogP contribution in [-0.2, 0) is 6.54 Å². The van der Waals surface area contributed by atoms with E-state index in [1.165, 1.54) is 0 Å². The number of pyridine rings is 1. The number of H-pyrrole nitrogens is 1. The number of anilines is 1. The number of hydrogen-bond acceptors (Lipinski definition) is 4. The molecular formula is C25H32N4O3. The Kier molecular flexibility index (Phi) is 6.83. The second kappa shape index (κ2) is 9.94. The minimum atomic E-state index is 0.00588. The second-order valence-electron chi connectivity index (χ2n) is 8.30. The van der Waals surface area contributed by atoms with Gasteiger partial charge in [-0.2, -0.15) is 0 Å². The number of carbonyl (C=O) groups excluding carboxylic acids is 1. The Morgan fingerprint density at radius 2 is 2.06 bits per heavy atom. The molecule has 32 heavy (non-hydrogen) atoms. The first-order valence-electron chi connectivity index (χ1n) is 11.4. The number of nitrogens with zero attached hydrogens (tertiary/aromatic N) is 3. The summed E-state index contributed by atoms with van der Waals surface area (Å²) in [6.45, 7) is 6.14. The SMILES string of the molecule is CCCCCOc1cc(N2CC[C@H](C)N(Cc3ccnc4[nH]ccc34)C2=O)ccc1OC. The lowest BCUT2D eigenvalue weighted by Crippen LogP contribution is -2.53. The highest BCUT2D eigenvalue weighted by atomic mass is 16.5. The molecule has 0 saturated carbocycles. The van der Waals surface area contributed by atoms with Crippen molar-refractivity contribution in [2.24, 2.45) is 0 Å². The number of aromatic amines is 1. The first kappa shape index (κ1) is 22.0. The van der Waals surface area contributed by atoms with Gasteiger partial charge in [0.05, 0.1) is 13.7 Å². The zero-order valence-electron chi connectivity index (χ0n) is 19.1. The van der Waals surface area contributed by atoms with Crippen molar-refractivity contribution < 1.29 is 14.3 Å². The van der Waals surface area contributed by atoms with Crippen LogP contribution in [-0.4, -0.2) is 47.2 Å². The van der Waals surface area contributed by atoms with Crippen LogP contribution in [0.15, 0.2) is 42.7 Å². The number of fused-ring (bicyclic) bond motifs is 1. The maximum atomic E-state index is 13.5. The van der Waals surface area contributed by atoms with Crippen molar-refractivity contribution in [2.45, 2.75) is 52.1 Å². The molecule has 1 aromatic carbocycles. The van der Waals surface area contributed by atoms with E-state index in [1.54, 1.807) is 13.3 Å². The third kappa shape index (κ3) is 4.52. The molecule has 1 aliphatic heterocycles. The summed E-state index contributed by atoms with van der Waals surface area (Å²) in [6, 6.07) is 9.90. The van der Waals surface area contributed by atoms with Gasteiger partial charge in [0.15, 0.2) is 11.5 Å². The summed E-state index contributed by atoms with van der Waals surface area (Å²) in [4.78, 5) is 24.8. The Balaban J connectivity index is 1.55. The summed E-state index contributed by atoms with van der Waals surface area (Å²) >= 11 is 0. The van der Waals surface area contributed by atoms with Crippen LogP contribution < -0.4 is 14.4 Å². The molecule has 3 aromatic rings. The van der Waals surface area contributed by atoms with Crippen LogP contribution in [0.3, 0.4) is 0 Å². The predicted molar refractivity (Wildman–Crippen MR) is 126 cm³/mol. The number of rotatable bonds is 9. The van der Waals surface area contributed by atoms with E-state index in [1.807, 2.05) is 46.3 Å². The lowest BCUT2D eigenvalue weighted by atomic mass is 10.1. The Morgan fingerprint density at radius 1 is 1.19 bits per heavy atom. The molecule has 0 radical (unpaired) electrons. The summed E-state index contributed by atoms with van der Waals surface area (Å²) in [5, 5.41) is 1.05. The number of methoxy groups -OCH3 is 1. The van der Waals surface area contributed by atoms with Crippen molar-refractivity contribution in [1.82, 2.24) is 14.9 Å². The number of hydrogen-bond donors (Lipinski definition) is 1. The normalized spacial score (nSPS) is 16.6. The van der Waals surface area contributed by atoms with E-state index in [0.29, 0.717) is 31.2 Å². The van der Waals surface area contributed by atoms with Crippen LogP contribution in [0.25, 0.3) is 11.0 Å². The average Bonchev–Trinajstić information content (AvgIpc) is 3.29. The molecule has 1 fully saturated rings. The van der Waals surface area contributed by atoms with Gasteiger partial charge in [0.25, 0.3) is 0 Å². The number of aromatic nitrogens is 2. The predicted octanol–water partition coefficient (Wildman–Crippen LogP) is 5.36. The summed E-state index contributed by atoms with van der Waals surface area (Å²) in [6.07, 6.45) is 7.83. The molecule has 1 N–H and O–H groups in total. The topological polar surface area (TPSA) is 70.7 Å². The van der Waals surface area contributed by atoms with Gasteiger partial charge in [0.2, 0.25) is 0 Å². The van der Waals surface area contributed by atoms with E-state index < -0.39 is 0 Å². The fraction of sp³-hybridized carbons (Fsp3) is 0.440. The number of nitrogens with one attached hydrogen (secondary N) is 1. The van der Waals surface area contributed by atoms with Crippen LogP contribution >= 0.6 is 0 Å². The molecule has 2 amide bonds. The standard InChI is InChI=1S/C25H32N4O3/c1-4-5-6-15-32-23-16-20(7-8-22(23)31-3)28-14-11-18(2)29(25(28)30)17-19-9-12-26-24-21(19)10-13-27-24/h7-10,12-13,16,18H,4-6,11,14-15,17H2,1-3H3,(H,26,27)/t18-/m0/s1. The zero-order chi connectivity index (χ0) is 22.5. The molecule has 3 heterocycles. The van der Waals surface area contributed by atoms with Gasteiger partial charge >= 0.3 is 6.03 Å².